The third-order valence-corrected chi connectivity index (χ3v) is 4.02. The highest BCUT2D eigenvalue weighted by Crippen LogP contribution is 2.21. The van der Waals surface area contributed by atoms with Gasteiger partial charge in [-0.15, -0.1) is 11.3 Å². The summed E-state index contributed by atoms with van der Waals surface area (Å²) in [7, 11) is 3.65. The molecule has 6 heteroatoms. The Morgan fingerprint density at radius 3 is 2.83 bits per heavy atom. The van der Waals surface area contributed by atoms with E-state index in [9.17, 15) is 4.79 Å². The van der Waals surface area contributed by atoms with Crippen molar-refractivity contribution in [1.82, 2.24) is 9.80 Å². The van der Waals surface area contributed by atoms with E-state index < -0.39 is 0 Å². The summed E-state index contributed by atoms with van der Waals surface area (Å²) in [5.74, 6) is 0.0436. The number of nitrogens with zero attached hydrogens (tertiary/aromatic N) is 3. The van der Waals surface area contributed by atoms with E-state index in [0.29, 0.717) is 19.5 Å². The molecule has 0 bridgehead atoms. The monoisotopic (exact) mass is 329 g/mol. The van der Waals surface area contributed by atoms with E-state index in [1.54, 1.807) is 23.3 Å². The first-order chi connectivity index (χ1) is 8.52. The van der Waals surface area contributed by atoms with Gasteiger partial charge in [-0.2, -0.15) is 5.26 Å². The molecule has 18 heavy (non-hydrogen) atoms. The minimum absolute atomic E-state index is 0.0436. The first-order valence-corrected chi connectivity index (χ1v) is 7.22. The lowest BCUT2D eigenvalue weighted by Crippen LogP contribution is -2.36. The summed E-state index contributed by atoms with van der Waals surface area (Å²) in [6.45, 7) is 1.61. The van der Waals surface area contributed by atoms with Crippen LogP contribution in [0.4, 0.5) is 0 Å². The van der Waals surface area contributed by atoms with Gasteiger partial charge in [-0.1, -0.05) is 0 Å². The quantitative estimate of drug-likeness (QED) is 0.804. The van der Waals surface area contributed by atoms with E-state index in [4.69, 9.17) is 5.26 Å². The molecular weight excluding hydrogens is 314 g/mol. The highest BCUT2D eigenvalue weighted by atomic mass is 79.9. The van der Waals surface area contributed by atoms with Crippen molar-refractivity contribution < 1.29 is 4.79 Å². The van der Waals surface area contributed by atoms with Crippen LogP contribution < -0.4 is 0 Å². The van der Waals surface area contributed by atoms with E-state index >= 15 is 0 Å². The molecule has 98 valence electrons. The van der Waals surface area contributed by atoms with Gasteiger partial charge in [0.2, 0.25) is 5.91 Å². The van der Waals surface area contributed by atoms with Crippen molar-refractivity contribution in [2.75, 3.05) is 27.2 Å². The van der Waals surface area contributed by atoms with Gasteiger partial charge in [0.15, 0.2) is 0 Å². The van der Waals surface area contributed by atoms with E-state index in [1.807, 2.05) is 18.0 Å². The number of amides is 1. The molecule has 1 rings (SSSR count). The largest absolute Gasteiger partial charge is 0.344 e. The summed E-state index contributed by atoms with van der Waals surface area (Å²) in [6, 6.07) is 4.10. The standard InChI is InChI=1S/C12H16BrN3OS/c1-15(7-10-6-11(13)18-9-10)8-12(17)16(2)5-3-4-14/h6,9H,3,5,7-8H2,1-2H3. The molecule has 1 aromatic rings. The summed E-state index contributed by atoms with van der Waals surface area (Å²) in [6.07, 6.45) is 0.378. The predicted molar refractivity (Wildman–Crippen MR) is 76.2 cm³/mol. The Bertz CT molecular complexity index is 441. The van der Waals surface area contributed by atoms with Gasteiger partial charge in [0.25, 0.3) is 0 Å². The number of carbonyl (C=O) groups is 1. The minimum Gasteiger partial charge on any atom is -0.344 e. The summed E-state index contributed by atoms with van der Waals surface area (Å²) in [5, 5.41) is 10.5. The molecule has 1 aromatic heterocycles. The lowest BCUT2D eigenvalue weighted by atomic mass is 10.3. The van der Waals surface area contributed by atoms with Crippen molar-refractivity contribution in [3.63, 3.8) is 0 Å². The number of likely N-dealkylation sites (N-methyl/N-ethyl adjacent to an activating group) is 2. The second-order valence-electron chi connectivity index (χ2n) is 4.15. The number of nitriles is 1. The molecule has 0 radical (unpaired) electrons. The van der Waals surface area contributed by atoms with Crippen molar-refractivity contribution in [3.05, 3.63) is 20.8 Å². The normalized spacial score (nSPS) is 10.4. The molecule has 4 nitrogen and oxygen atoms in total. The molecule has 1 amide bonds. The maximum Gasteiger partial charge on any atom is 0.236 e. The smallest absolute Gasteiger partial charge is 0.236 e. The van der Waals surface area contributed by atoms with Crippen molar-refractivity contribution in [3.8, 4) is 6.07 Å². The van der Waals surface area contributed by atoms with E-state index in [0.717, 1.165) is 10.3 Å². The maximum absolute atomic E-state index is 11.8. The lowest BCUT2D eigenvalue weighted by molar-refractivity contribution is -0.130. The third kappa shape index (κ3) is 5.17. The van der Waals surface area contributed by atoms with Gasteiger partial charge >= 0.3 is 0 Å². The van der Waals surface area contributed by atoms with Crippen molar-refractivity contribution >= 4 is 33.2 Å². The van der Waals surface area contributed by atoms with Crippen molar-refractivity contribution in [2.24, 2.45) is 0 Å². The topological polar surface area (TPSA) is 47.3 Å². The van der Waals surface area contributed by atoms with Crippen molar-refractivity contribution in [2.45, 2.75) is 13.0 Å². The number of carbonyl (C=O) groups excluding carboxylic acids is 1. The average molecular weight is 330 g/mol. The Morgan fingerprint density at radius 1 is 1.56 bits per heavy atom. The molecule has 0 atom stereocenters. The van der Waals surface area contributed by atoms with Crippen LogP contribution in [0.5, 0.6) is 0 Å². The van der Waals surface area contributed by atoms with Crippen LogP contribution in [0, 0.1) is 11.3 Å². The van der Waals surface area contributed by atoms with Gasteiger partial charge in [-0.05, 0) is 40.0 Å². The summed E-state index contributed by atoms with van der Waals surface area (Å²) < 4.78 is 1.10. The van der Waals surface area contributed by atoms with Crippen LogP contribution >= 0.6 is 27.3 Å². The Balaban J connectivity index is 2.37. The summed E-state index contributed by atoms with van der Waals surface area (Å²) in [4.78, 5) is 15.4. The first kappa shape index (κ1) is 15.2. The van der Waals surface area contributed by atoms with Crippen LogP contribution in [0.2, 0.25) is 0 Å². The fraction of sp³-hybridized carbons (Fsp3) is 0.500. The van der Waals surface area contributed by atoms with Crippen LogP contribution in [0.15, 0.2) is 15.2 Å². The molecule has 0 aliphatic heterocycles. The number of halogens is 1. The lowest BCUT2D eigenvalue weighted by Gasteiger charge is -2.20. The fourth-order valence-electron chi connectivity index (χ4n) is 1.49. The molecule has 0 aliphatic rings. The molecule has 0 saturated heterocycles. The van der Waals surface area contributed by atoms with Crippen LogP contribution in [0.3, 0.4) is 0 Å². The fourth-order valence-corrected chi connectivity index (χ4v) is 2.69. The van der Waals surface area contributed by atoms with Gasteiger partial charge in [0, 0.05) is 20.1 Å². The van der Waals surface area contributed by atoms with Gasteiger partial charge < -0.3 is 4.90 Å². The van der Waals surface area contributed by atoms with Crippen molar-refractivity contribution in [1.29, 1.82) is 5.26 Å². The second kappa shape index (κ2) is 7.52. The van der Waals surface area contributed by atoms with Crippen LogP contribution in [-0.4, -0.2) is 42.9 Å². The zero-order valence-electron chi connectivity index (χ0n) is 10.5. The molecule has 0 spiro atoms. The molecule has 1 heterocycles. The van der Waals surface area contributed by atoms with E-state index in [-0.39, 0.29) is 5.91 Å². The van der Waals surface area contributed by atoms with Gasteiger partial charge in [-0.3, -0.25) is 9.69 Å². The molecule has 0 fully saturated rings. The van der Waals surface area contributed by atoms with Gasteiger partial charge in [0.1, 0.15) is 0 Å². The Kier molecular flexibility index (Phi) is 6.33. The summed E-state index contributed by atoms with van der Waals surface area (Å²) in [5.41, 5.74) is 1.20. The van der Waals surface area contributed by atoms with Crippen LogP contribution in [-0.2, 0) is 11.3 Å². The maximum atomic E-state index is 11.8. The number of rotatable bonds is 6. The third-order valence-electron chi connectivity index (χ3n) is 2.46. The molecule has 0 N–H and O–H groups in total. The zero-order valence-corrected chi connectivity index (χ0v) is 12.9. The average Bonchev–Trinajstić information content (AvgIpc) is 2.71. The molecule has 0 aromatic carbocycles. The highest BCUT2D eigenvalue weighted by molar-refractivity contribution is 9.11. The number of hydrogen-bond donors (Lipinski definition) is 0. The number of thiophene rings is 1. The molecule has 0 saturated carbocycles. The van der Waals surface area contributed by atoms with Crippen LogP contribution in [0.1, 0.15) is 12.0 Å². The molecule has 0 unspecified atom stereocenters. The first-order valence-electron chi connectivity index (χ1n) is 5.55. The second-order valence-corrected chi connectivity index (χ2v) is 6.45. The predicted octanol–water partition coefficient (Wildman–Crippen LogP) is 2.31. The zero-order chi connectivity index (χ0) is 13.5. The highest BCUT2D eigenvalue weighted by Gasteiger charge is 2.12. The molecular formula is C12H16BrN3OS. The summed E-state index contributed by atoms with van der Waals surface area (Å²) >= 11 is 5.06. The van der Waals surface area contributed by atoms with E-state index in [2.05, 4.69) is 27.4 Å². The van der Waals surface area contributed by atoms with Crippen LogP contribution in [0.25, 0.3) is 0 Å². The number of hydrogen-bond acceptors (Lipinski definition) is 4. The van der Waals surface area contributed by atoms with Gasteiger partial charge in [-0.25, -0.2) is 0 Å². The van der Waals surface area contributed by atoms with E-state index in [1.165, 1.54) is 5.56 Å². The Morgan fingerprint density at radius 2 is 2.28 bits per heavy atom. The SMILES string of the molecule is CN(CC(=O)N(C)CCC#N)Cc1csc(Br)c1. The Labute approximate surface area is 120 Å². The minimum atomic E-state index is 0.0436. The molecule has 0 aliphatic carbocycles. The van der Waals surface area contributed by atoms with Gasteiger partial charge in [0.05, 0.1) is 22.8 Å². The Hall–Kier alpha value is -0.900.